The lowest BCUT2D eigenvalue weighted by molar-refractivity contribution is 0.490. The number of halogens is 1. The fraction of sp³-hybridized carbons (Fsp3) is 0.182. The summed E-state index contributed by atoms with van der Waals surface area (Å²) in [5.74, 6) is 1.87. The topological polar surface area (TPSA) is 43.3 Å². The molecule has 1 aliphatic rings. The smallest absolute Gasteiger partial charge is 0.232 e. The van der Waals surface area contributed by atoms with E-state index in [0.717, 1.165) is 64.0 Å². The standard InChI is InChI=1S/C22H18BrN3O/c23-16-11-9-15(10-12-16)19-14-18-21(24-17-6-2-1-3-7-17)26-13-5-4-8-20(26)25-22(18)27-19/h1-3,6-7,9-12,14H,4-5,8,13H2. The summed E-state index contributed by atoms with van der Waals surface area (Å²) in [7, 11) is 0. The minimum Gasteiger partial charge on any atom is -0.438 e. The summed E-state index contributed by atoms with van der Waals surface area (Å²) in [5.41, 5.74) is 3.57. The first-order chi connectivity index (χ1) is 13.3. The zero-order chi connectivity index (χ0) is 18.2. The van der Waals surface area contributed by atoms with Gasteiger partial charge in [0.2, 0.25) is 5.71 Å². The third-order valence-corrected chi connectivity index (χ3v) is 5.43. The number of rotatable bonds is 2. The Morgan fingerprint density at radius 2 is 1.81 bits per heavy atom. The van der Waals surface area contributed by atoms with Gasteiger partial charge in [-0.15, -0.1) is 0 Å². The highest BCUT2D eigenvalue weighted by Crippen LogP contribution is 2.27. The summed E-state index contributed by atoms with van der Waals surface area (Å²) in [5, 5.41) is 0.961. The third-order valence-electron chi connectivity index (χ3n) is 4.90. The molecule has 0 saturated heterocycles. The Morgan fingerprint density at radius 1 is 1.00 bits per heavy atom. The van der Waals surface area contributed by atoms with Crippen molar-refractivity contribution in [2.45, 2.75) is 25.8 Å². The molecule has 1 aliphatic heterocycles. The molecule has 0 amide bonds. The van der Waals surface area contributed by atoms with Gasteiger partial charge >= 0.3 is 0 Å². The molecule has 27 heavy (non-hydrogen) atoms. The largest absolute Gasteiger partial charge is 0.438 e. The molecule has 4 aromatic rings. The van der Waals surface area contributed by atoms with Gasteiger partial charge in [0.1, 0.15) is 17.1 Å². The van der Waals surface area contributed by atoms with Crippen LogP contribution in [-0.2, 0) is 13.0 Å². The summed E-state index contributed by atoms with van der Waals surface area (Å²) in [6.45, 7) is 0.947. The predicted molar refractivity (Wildman–Crippen MR) is 110 cm³/mol. The van der Waals surface area contributed by atoms with E-state index in [9.17, 15) is 0 Å². The van der Waals surface area contributed by atoms with Crippen molar-refractivity contribution in [3.8, 4) is 11.3 Å². The number of furan rings is 1. The lowest BCUT2D eigenvalue weighted by Gasteiger charge is -2.18. The summed E-state index contributed by atoms with van der Waals surface area (Å²) in [4.78, 5) is 9.77. The van der Waals surface area contributed by atoms with Gasteiger partial charge in [0.25, 0.3) is 0 Å². The fourth-order valence-electron chi connectivity index (χ4n) is 3.55. The van der Waals surface area contributed by atoms with E-state index >= 15 is 0 Å². The van der Waals surface area contributed by atoms with E-state index in [2.05, 4.69) is 26.6 Å². The van der Waals surface area contributed by atoms with Crippen molar-refractivity contribution >= 4 is 32.7 Å². The molecule has 0 radical (unpaired) electrons. The third kappa shape index (κ3) is 3.12. The molecule has 0 spiro atoms. The molecule has 0 aliphatic carbocycles. The molecule has 0 bridgehead atoms. The van der Waals surface area contributed by atoms with Crippen LogP contribution in [0.5, 0.6) is 0 Å². The molecule has 5 heteroatoms. The number of nitrogens with zero attached hydrogens (tertiary/aromatic N) is 3. The zero-order valence-corrected chi connectivity index (χ0v) is 16.3. The van der Waals surface area contributed by atoms with Gasteiger partial charge < -0.3 is 8.98 Å². The average Bonchev–Trinajstić information content (AvgIpc) is 3.13. The van der Waals surface area contributed by atoms with E-state index in [1.54, 1.807) is 0 Å². The highest BCUT2D eigenvalue weighted by atomic mass is 79.9. The second-order valence-electron chi connectivity index (χ2n) is 6.74. The van der Waals surface area contributed by atoms with Gasteiger partial charge in [-0.05, 0) is 43.2 Å². The monoisotopic (exact) mass is 419 g/mol. The van der Waals surface area contributed by atoms with E-state index in [0.29, 0.717) is 5.71 Å². The predicted octanol–water partition coefficient (Wildman–Crippen LogP) is 5.63. The first-order valence-corrected chi connectivity index (χ1v) is 9.96. The molecule has 5 rings (SSSR count). The molecule has 3 heterocycles. The number of aromatic nitrogens is 2. The molecule has 0 N–H and O–H groups in total. The second-order valence-corrected chi connectivity index (χ2v) is 7.66. The van der Waals surface area contributed by atoms with Crippen LogP contribution in [0.3, 0.4) is 0 Å². The van der Waals surface area contributed by atoms with Gasteiger partial charge in [0.05, 0.1) is 11.1 Å². The Labute approximate surface area is 165 Å². The normalized spacial score (nSPS) is 14.5. The molecular weight excluding hydrogens is 402 g/mol. The van der Waals surface area contributed by atoms with E-state index in [-0.39, 0.29) is 0 Å². The maximum Gasteiger partial charge on any atom is 0.232 e. The minimum absolute atomic E-state index is 0.663. The van der Waals surface area contributed by atoms with Crippen LogP contribution in [0.2, 0.25) is 0 Å². The molecule has 0 unspecified atom stereocenters. The summed E-state index contributed by atoms with van der Waals surface area (Å²) in [6.07, 6.45) is 3.27. The van der Waals surface area contributed by atoms with E-state index in [4.69, 9.17) is 14.4 Å². The molecule has 2 aromatic carbocycles. The van der Waals surface area contributed by atoms with Crippen LogP contribution in [0, 0.1) is 0 Å². The van der Waals surface area contributed by atoms with Gasteiger partial charge in [0, 0.05) is 23.0 Å². The molecule has 4 nitrogen and oxygen atoms in total. The maximum absolute atomic E-state index is 6.14. The molecule has 0 saturated carbocycles. The first kappa shape index (κ1) is 16.5. The van der Waals surface area contributed by atoms with Crippen LogP contribution in [-0.4, -0.2) is 9.55 Å². The lowest BCUT2D eigenvalue weighted by Crippen LogP contribution is -2.28. The SMILES string of the molecule is Brc1ccc(-c2cc3c(=Nc4ccccc4)n4c(nc3o2)CCCC4)cc1. The average molecular weight is 420 g/mol. The highest BCUT2D eigenvalue weighted by Gasteiger charge is 2.17. The van der Waals surface area contributed by atoms with Crippen molar-refractivity contribution in [2.24, 2.45) is 4.99 Å². The van der Waals surface area contributed by atoms with E-state index in [1.807, 2.05) is 54.6 Å². The van der Waals surface area contributed by atoms with Crippen molar-refractivity contribution in [3.63, 3.8) is 0 Å². The van der Waals surface area contributed by atoms with Gasteiger partial charge in [-0.2, -0.15) is 4.98 Å². The first-order valence-electron chi connectivity index (χ1n) is 9.17. The molecule has 0 atom stereocenters. The van der Waals surface area contributed by atoms with Crippen molar-refractivity contribution < 1.29 is 4.42 Å². The number of benzene rings is 2. The zero-order valence-electron chi connectivity index (χ0n) is 14.7. The van der Waals surface area contributed by atoms with Crippen molar-refractivity contribution in [1.29, 1.82) is 0 Å². The van der Waals surface area contributed by atoms with Crippen LogP contribution < -0.4 is 5.49 Å². The summed E-state index contributed by atoms with van der Waals surface area (Å²) in [6, 6.07) is 20.3. The number of hydrogen-bond donors (Lipinski definition) is 0. The fourth-order valence-corrected chi connectivity index (χ4v) is 3.81. The lowest BCUT2D eigenvalue weighted by atomic mass is 10.1. The molecular formula is C22H18BrN3O. The van der Waals surface area contributed by atoms with Gasteiger partial charge in [-0.25, -0.2) is 4.99 Å². The number of hydrogen-bond acceptors (Lipinski definition) is 3. The maximum atomic E-state index is 6.14. The van der Waals surface area contributed by atoms with E-state index in [1.165, 1.54) is 0 Å². The van der Waals surface area contributed by atoms with Crippen LogP contribution in [0.4, 0.5) is 5.69 Å². The highest BCUT2D eigenvalue weighted by molar-refractivity contribution is 9.10. The van der Waals surface area contributed by atoms with Crippen LogP contribution in [0.1, 0.15) is 18.7 Å². The Bertz CT molecular complexity index is 1170. The van der Waals surface area contributed by atoms with Crippen LogP contribution >= 0.6 is 15.9 Å². The second kappa shape index (κ2) is 6.82. The summed E-state index contributed by atoms with van der Waals surface area (Å²) < 4.78 is 9.44. The van der Waals surface area contributed by atoms with Crippen molar-refractivity contribution in [2.75, 3.05) is 0 Å². The van der Waals surface area contributed by atoms with Crippen molar-refractivity contribution in [1.82, 2.24) is 9.55 Å². The quantitative estimate of drug-likeness (QED) is 0.422. The Balaban J connectivity index is 1.77. The molecule has 2 aromatic heterocycles. The van der Waals surface area contributed by atoms with E-state index < -0.39 is 0 Å². The van der Waals surface area contributed by atoms with Crippen LogP contribution in [0.25, 0.3) is 22.4 Å². The van der Waals surface area contributed by atoms with Gasteiger partial charge in [-0.3, -0.25) is 0 Å². The Kier molecular flexibility index (Phi) is 4.17. The Hall–Kier alpha value is -2.66. The summed E-state index contributed by atoms with van der Waals surface area (Å²) >= 11 is 3.48. The Morgan fingerprint density at radius 3 is 2.63 bits per heavy atom. The van der Waals surface area contributed by atoms with Crippen molar-refractivity contribution in [3.05, 3.63) is 76.4 Å². The number of para-hydroxylation sites is 1. The van der Waals surface area contributed by atoms with Crippen LogP contribution in [0.15, 0.2) is 74.5 Å². The molecule has 0 fully saturated rings. The molecule has 134 valence electrons. The van der Waals surface area contributed by atoms with Gasteiger partial charge in [-0.1, -0.05) is 46.3 Å². The number of aryl methyl sites for hydroxylation is 1. The van der Waals surface area contributed by atoms with Gasteiger partial charge in [0.15, 0.2) is 0 Å². The number of fused-ring (bicyclic) bond motifs is 2. The minimum atomic E-state index is 0.663.